The summed E-state index contributed by atoms with van der Waals surface area (Å²) in [6.45, 7) is 2.86. The van der Waals surface area contributed by atoms with Gasteiger partial charge in [0.1, 0.15) is 12.3 Å². The number of fused-ring (bicyclic) bond motifs is 1. The van der Waals surface area contributed by atoms with Gasteiger partial charge in [-0.05, 0) is 17.8 Å². The van der Waals surface area contributed by atoms with Gasteiger partial charge in [0, 0.05) is 4.98 Å². The first-order valence-electron chi connectivity index (χ1n) is 6.09. The van der Waals surface area contributed by atoms with E-state index < -0.39 is 4.92 Å². The molecule has 0 bridgehead atoms. The van der Waals surface area contributed by atoms with E-state index in [2.05, 4.69) is 11.9 Å². The number of rotatable bonds is 6. The van der Waals surface area contributed by atoms with Crippen molar-refractivity contribution < 1.29 is 9.66 Å². The van der Waals surface area contributed by atoms with Crippen molar-refractivity contribution in [1.29, 1.82) is 0 Å². The summed E-state index contributed by atoms with van der Waals surface area (Å²) in [5.74, 6) is -0.135. The lowest BCUT2D eigenvalue weighted by molar-refractivity contribution is -0.389. The van der Waals surface area contributed by atoms with Gasteiger partial charge >= 0.3 is 11.8 Å². The highest BCUT2D eigenvalue weighted by atomic mass is 16.6. The van der Waals surface area contributed by atoms with Crippen molar-refractivity contribution in [2.24, 2.45) is 0 Å². The molecular formula is C11H17N3O3. The molecule has 1 aromatic heterocycles. The van der Waals surface area contributed by atoms with Gasteiger partial charge in [0.05, 0.1) is 6.54 Å². The third-order valence-electron chi connectivity index (χ3n) is 2.97. The van der Waals surface area contributed by atoms with Gasteiger partial charge in [-0.15, -0.1) is 0 Å². The fraction of sp³-hybridized carbons (Fsp3) is 0.727. The summed E-state index contributed by atoms with van der Waals surface area (Å²) < 4.78 is 7.29. The number of hydrogen-bond acceptors (Lipinski definition) is 4. The summed E-state index contributed by atoms with van der Waals surface area (Å²) in [5, 5.41) is 10.5. The van der Waals surface area contributed by atoms with Gasteiger partial charge in [-0.25, -0.2) is 0 Å². The van der Waals surface area contributed by atoms with E-state index in [1.165, 1.54) is 25.5 Å². The van der Waals surface area contributed by atoms with Crippen LogP contribution in [-0.2, 0) is 6.54 Å². The van der Waals surface area contributed by atoms with E-state index in [-0.39, 0.29) is 11.9 Å². The van der Waals surface area contributed by atoms with Gasteiger partial charge in [-0.1, -0.05) is 26.2 Å². The zero-order valence-electron chi connectivity index (χ0n) is 9.96. The van der Waals surface area contributed by atoms with Crippen LogP contribution in [0.3, 0.4) is 0 Å². The maximum absolute atomic E-state index is 10.5. The first kappa shape index (κ1) is 11.9. The molecule has 0 N–H and O–H groups in total. The van der Waals surface area contributed by atoms with Crippen LogP contribution in [-0.4, -0.2) is 20.6 Å². The van der Waals surface area contributed by atoms with Crippen molar-refractivity contribution in [3.05, 3.63) is 16.3 Å². The smallest absolute Gasteiger partial charge is 0.414 e. The quantitative estimate of drug-likeness (QED) is 0.434. The standard InChI is InChI=1S/C11H17N3O3/c1-2-3-4-5-6-9-7-13-8-10(14(15)16)12-11(13)17-9/h8-9H,2-7H2,1H3/t9-/m0/s1. The fourth-order valence-electron chi connectivity index (χ4n) is 2.05. The normalized spacial score (nSPS) is 17.8. The lowest BCUT2D eigenvalue weighted by atomic mass is 10.1. The van der Waals surface area contributed by atoms with Crippen LogP contribution in [0.4, 0.5) is 5.82 Å². The Morgan fingerprint density at radius 2 is 2.41 bits per heavy atom. The van der Waals surface area contributed by atoms with E-state index in [0.717, 1.165) is 12.8 Å². The molecule has 0 aliphatic carbocycles. The van der Waals surface area contributed by atoms with Crippen molar-refractivity contribution in [2.45, 2.75) is 51.7 Å². The molecule has 0 saturated heterocycles. The largest absolute Gasteiger partial charge is 0.441 e. The second-order valence-corrected chi connectivity index (χ2v) is 4.38. The maximum atomic E-state index is 10.5. The molecular weight excluding hydrogens is 222 g/mol. The van der Waals surface area contributed by atoms with Crippen LogP contribution in [0.25, 0.3) is 0 Å². The minimum atomic E-state index is -0.495. The minimum Gasteiger partial charge on any atom is -0.441 e. The molecule has 0 fully saturated rings. The summed E-state index contributed by atoms with van der Waals surface area (Å²) in [6.07, 6.45) is 7.42. The van der Waals surface area contributed by atoms with Crippen molar-refractivity contribution in [3.63, 3.8) is 0 Å². The highest BCUT2D eigenvalue weighted by Gasteiger charge is 2.30. The first-order chi connectivity index (χ1) is 8.20. The van der Waals surface area contributed by atoms with E-state index >= 15 is 0 Å². The molecule has 2 heterocycles. The van der Waals surface area contributed by atoms with Crippen LogP contribution in [0.15, 0.2) is 6.20 Å². The molecule has 94 valence electrons. The van der Waals surface area contributed by atoms with Crippen molar-refractivity contribution in [3.8, 4) is 6.01 Å². The average molecular weight is 239 g/mol. The third-order valence-corrected chi connectivity index (χ3v) is 2.97. The lowest BCUT2D eigenvalue weighted by Gasteiger charge is -2.07. The Kier molecular flexibility index (Phi) is 3.61. The van der Waals surface area contributed by atoms with Crippen LogP contribution < -0.4 is 4.74 Å². The van der Waals surface area contributed by atoms with Gasteiger partial charge < -0.3 is 14.9 Å². The predicted octanol–water partition coefficient (Wildman–Crippen LogP) is 2.52. The number of imidazole rings is 1. The summed E-state index contributed by atoms with van der Waals surface area (Å²) in [7, 11) is 0. The molecule has 1 aromatic rings. The van der Waals surface area contributed by atoms with Crippen LogP contribution in [0.5, 0.6) is 6.01 Å². The van der Waals surface area contributed by atoms with Crippen molar-refractivity contribution in [2.75, 3.05) is 0 Å². The average Bonchev–Trinajstić information content (AvgIpc) is 2.81. The molecule has 1 aliphatic rings. The van der Waals surface area contributed by atoms with E-state index in [4.69, 9.17) is 4.74 Å². The van der Waals surface area contributed by atoms with Crippen LogP contribution in [0, 0.1) is 10.1 Å². The minimum absolute atomic E-state index is 0.134. The number of hydrogen-bond donors (Lipinski definition) is 0. The second kappa shape index (κ2) is 5.16. The SMILES string of the molecule is CCCCCC[C@H]1Cn2cc([N+](=O)[O-])nc2O1. The number of unbranched alkanes of at least 4 members (excludes halogenated alkanes) is 3. The van der Waals surface area contributed by atoms with Gasteiger partial charge in [0.25, 0.3) is 0 Å². The topological polar surface area (TPSA) is 70.2 Å². The van der Waals surface area contributed by atoms with Crippen molar-refractivity contribution in [1.82, 2.24) is 9.55 Å². The number of ether oxygens (including phenoxy) is 1. The summed E-state index contributed by atoms with van der Waals surface area (Å²) >= 11 is 0. The number of nitrogens with zero attached hydrogens (tertiary/aromatic N) is 3. The molecule has 0 radical (unpaired) electrons. The van der Waals surface area contributed by atoms with Gasteiger partial charge in [0.15, 0.2) is 0 Å². The third kappa shape index (κ3) is 2.75. The number of aromatic nitrogens is 2. The van der Waals surface area contributed by atoms with E-state index in [1.807, 2.05) is 0 Å². The maximum Gasteiger partial charge on any atom is 0.414 e. The predicted molar refractivity (Wildman–Crippen MR) is 62.1 cm³/mol. The van der Waals surface area contributed by atoms with E-state index in [9.17, 15) is 10.1 Å². The van der Waals surface area contributed by atoms with Crippen LogP contribution in [0.2, 0.25) is 0 Å². The number of nitro groups is 1. The summed E-state index contributed by atoms with van der Waals surface area (Å²) in [4.78, 5) is 13.8. The molecule has 17 heavy (non-hydrogen) atoms. The monoisotopic (exact) mass is 239 g/mol. The zero-order valence-corrected chi connectivity index (χ0v) is 9.96. The molecule has 6 nitrogen and oxygen atoms in total. The second-order valence-electron chi connectivity index (χ2n) is 4.38. The Labute approximate surface area is 99.8 Å². The Balaban J connectivity index is 1.81. The molecule has 0 unspecified atom stereocenters. The molecule has 1 aliphatic heterocycles. The molecule has 6 heteroatoms. The molecule has 1 atom stereocenters. The van der Waals surface area contributed by atoms with Gasteiger partial charge in [-0.3, -0.25) is 4.57 Å². The van der Waals surface area contributed by atoms with E-state index in [0.29, 0.717) is 12.6 Å². The van der Waals surface area contributed by atoms with E-state index in [1.54, 1.807) is 4.57 Å². The molecule has 0 spiro atoms. The highest BCUT2D eigenvalue weighted by molar-refractivity contribution is 5.22. The molecule has 0 amide bonds. The highest BCUT2D eigenvalue weighted by Crippen LogP contribution is 2.26. The molecule has 0 aromatic carbocycles. The van der Waals surface area contributed by atoms with Crippen LogP contribution in [0.1, 0.15) is 39.0 Å². The van der Waals surface area contributed by atoms with Gasteiger partial charge in [-0.2, -0.15) is 0 Å². The Hall–Kier alpha value is -1.59. The van der Waals surface area contributed by atoms with Gasteiger partial charge in [0.2, 0.25) is 0 Å². The summed E-state index contributed by atoms with van der Waals surface area (Å²) in [6, 6.07) is 0.386. The first-order valence-corrected chi connectivity index (χ1v) is 6.09. The lowest BCUT2D eigenvalue weighted by Crippen LogP contribution is -2.14. The molecule has 2 rings (SSSR count). The Morgan fingerprint density at radius 3 is 3.06 bits per heavy atom. The van der Waals surface area contributed by atoms with Crippen LogP contribution >= 0.6 is 0 Å². The van der Waals surface area contributed by atoms with Crippen molar-refractivity contribution >= 4 is 5.82 Å². The zero-order chi connectivity index (χ0) is 12.3. The Bertz CT molecular complexity index is 379. The summed E-state index contributed by atoms with van der Waals surface area (Å²) in [5.41, 5.74) is 0. The Morgan fingerprint density at radius 1 is 1.59 bits per heavy atom. The molecule has 0 saturated carbocycles. The fourth-order valence-corrected chi connectivity index (χ4v) is 2.05.